The third-order valence-electron chi connectivity index (χ3n) is 10.9. The summed E-state index contributed by atoms with van der Waals surface area (Å²) in [5.74, 6) is 0.349. The molecule has 5 N–H and O–H groups in total. The lowest BCUT2D eigenvalue weighted by Crippen LogP contribution is -2.26. The number of fused-ring (bicyclic) bond motifs is 4. The van der Waals surface area contributed by atoms with Crippen LogP contribution in [0.4, 0.5) is 22.7 Å². The van der Waals surface area contributed by atoms with Crippen LogP contribution in [-0.2, 0) is 12.8 Å². The fourth-order valence-electron chi connectivity index (χ4n) is 8.33. The molecule has 0 radical (unpaired) electrons. The molecule has 284 valence electrons. The van der Waals surface area contributed by atoms with Gasteiger partial charge in [-0.15, -0.1) is 0 Å². The van der Waals surface area contributed by atoms with Crippen LogP contribution in [0, 0.1) is 10.8 Å². The highest BCUT2D eigenvalue weighted by Crippen LogP contribution is 2.45. The molecule has 0 aliphatic heterocycles. The van der Waals surface area contributed by atoms with Crippen molar-refractivity contribution >= 4 is 56.1 Å². The van der Waals surface area contributed by atoms with Crippen LogP contribution < -0.4 is 10.6 Å². The first-order valence-electron chi connectivity index (χ1n) is 19.2. The third-order valence-corrected chi connectivity index (χ3v) is 10.9. The number of Topliss-reactive ketones (excluding diaryl/α,β-unsaturated/α-hetero) is 2. The van der Waals surface area contributed by atoms with Gasteiger partial charge in [-0.05, 0) is 78.3 Å². The van der Waals surface area contributed by atoms with Crippen molar-refractivity contribution in [2.24, 2.45) is 10.8 Å². The Hall–Kier alpha value is -6.88. The van der Waals surface area contributed by atoms with Crippen LogP contribution in [0.2, 0.25) is 0 Å². The van der Waals surface area contributed by atoms with E-state index in [9.17, 15) is 9.59 Å². The van der Waals surface area contributed by atoms with Crippen molar-refractivity contribution < 1.29 is 9.59 Å². The van der Waals surface area contributed by atoms with Gasteiger partial charge in [-0.3, -0.25) is 29.6 Å². The Morgan fingerprint density at radius 1 is 0.632 bits per heavy atom. The second-order valence-corrected chi connectivity index (χ2v) is 16.6. The number of pyridine rings is 3. The van der Waals surface area contributed by atoms with E-state index in [4.69, 9.17) is 0 Å². The standard InChI is InChI=1S/C24H22N4O.C22H21N5O/c1-24(2)13-19-21(20(29)14-24)23(22(28-19)15-7-10-25-11-8-15)27-18-9-12-26-17-6-4-3-5-16(17)18;1-22(2)10-17-19(18(28)11-22)21(20(26-17)13-5-7-23-8-6-13)25-15-4-3-14-12-24-27-16(14)9-15/h3-12,28H,13-14H2,1-2H3,(H,26,27);3-9,12,25-26H,10-11H2,1-2H3,(H,24,27). The van der Waals surface area contributed by atoms with E-state index < -0.39 is 0 Å². The number of carbonyl (C=O) groups excluding carboxylic acids is 2. The molecular weight excluding hydrogens is 711 g/mol. The van der Waals surface area contributed by atoms with Crippen LogP contribution in [0.3, 0.4) is 0 Å². The molecule has 6 aromatic heterocycles. The molecule has 0 saturated heterocycles. The van der Waals surface area contributed by atoms with Crippen molar-refractivity contribution in [1.82, 2.24) is 35.1 Å². The van der Waals surface area contributed by atoms with Crippen molar-refractivity contribution in [2.75, 3.05) is 10.6 Å². The third kappa shape index (κ3) is 6.97. The number of rotatable bonds is 6. The van der Waals surface area contributed by atoms with Crippen LogP contribution in [-0.4, -0.2) is 46.7 Å². The van der Waals surface area contributed by atoms with Gasteiger partial charge in [-0.25, -0.2) is 0 Å². The molecule has 0 fully saturated rings. The quantitative estimate of drug-likeness (QED) is 0.112. The summed E-state index contributed by atoms with van der Waals surface area (Å²) in [5.41, 5.74) is 12.7. The Labute approximate surface area is 329 Å². The first-order valence-corrected chi connectivity index (χ1v) is 19.2. The molecule has 57 heavy (non-hydrogen) atoms. The summed E-state index contributed by atoms with van der Waals surface area (Å²) in [6.07, 6.45) is 13.4. The normalized spacial score (nSPS) is 15.4. The van der Waals surface area contributed by atoms with Gasteiger partial charge in [0.25, 0.3) is 0 Å². The van der Waals surface area contributed by atoms with E-state index >= 15 is 0 Å². The zero-order valence-electron chi connectivity index (χ0n) is 32.3. The lowest BCUT2D eigenvalue weighted by Gasteiger charge is -2.28. The molecule has 0 spiro atoms. The Morgan fingerprint density at radius 2 is 1.21 bits per heavy atom. The molecule has 10 rings (SSSR count). The number of carbonyl (C=O) groups is 2. The van der Waals surface area contributed by atoms with Gasteiger partial charge >= 0.3 is 0 Å². The van der Waals surface area contributed by atoms with Crippen LogP contribution in [0.25, 0.3) is 44.3 Å². The van der Waals surface area contributed by atoms with Crippen LogP contribution in [0.1, 0.15) is 72.6 Å². The van der Waals surface area contributed by atoms with Gasteiger partial charge in [-0.1, -0.05) is 45.9 Å². The summed E-state index contributed by atoms with van der Waals surface area (Å²) in [4.78, 5) is 46.0. The molecule has 6 heterocycles. The van der Waals surface area contributed by atoms with Crippen molar-refractivity contribution in [1.29, 1.82) is 0 Å². The van der Waals surface area contributed by atoms with Gasteiger partial charge in [0.1, 0.15) is 0 Å². The highest BCUT2D eigenvalue weighted by molar-refractivity contribution is 6.09. The summed E-state index contributed by atoms with van der Waals surface area (Å²) in [5, 5.41) is 16.2. The maximum Gasteiger partial charge on any atom is 0.167 e. The molecular formula is C46H43N9O2. The second-order valence-electron chi connectivity index (χ2n) is 16.6. The number of aromatic amines is 3. The van der Waals surface area contributed by atoms with E-state index in [1.165, 1.54) is 0 Å². The number of benzene rings is 2. The number of para-hydroxylation sites is 1. The van der Waals surface area contributed by atoms with E-state index in [2.05, 4.69) is 73.4 Å². The summed E-state index contributed by atoms with van der Waals surface area (Å²) >= 11 is 0. The minimum atomic E-state index is -0.0505. The smallest absolute Gasteiger partial charge is 0.167 e. The number of H-pyrrole nitrogens is 3. The zero-order chi connectivity index (χ0) is 39.3. The number of aromatic nitrogens is 7. The predicted molar refractivity (Wildman–Crippen MR) is 225 cm³/mol. The minimum absolute atomic E-state index is 0.0451. The van der Waals surface area contributed by atoms with Crippen LogP contribution in [0.15, 0.2) is 110 Å². The largest absolute Gasteiger partial charge is 0.356 e. The van der Waals surface area contributed by atoms with Gasteiger partial charge in [0.2, 0.25) is 0 Å². The maximum atomic E-state index is 13.1. The van der Waals surface area contributed by atoms with Crippen molar-refractivity contribution in [3.63, 3.8) is 0 Å². The average Bonchev–Trinajstić information content (AvgIpc) is 3.90. The van der Waals surface area contributed by atoms with E-state index in [1.807, 2.05) is 72.8 Å². The number of anilines is 4. The lowest BCUT2D eigenvalue weighted by atomic mass is 9.76. The molecule has 0 atom stereocenters. The molecule has 0 unspecified atom stereocenters. The SMILES string of the molecule is CC1(C)CC(=O)c2c([nH]c(-c3ccncc3)c2Nc2ccc3cn[nH]c3c2)C1.CC1(C)CC(=O)c2c([nH]c(-c3ccncc3)c2Nc2ccnc3ccccc23)C1. The minimum Gasteiger partial charge on any atom is -0.356 e. The number of ketones is 2. The summed E-state index contributed by atoms with van der Waals surface area (Å²) in [6, 6.07) is 23.8. The first-order chi connectivity index (χ1) is 27.5. The van der Waals surface area contributed by atoms with E-state index in [0.29, 0.717) is 12.8 Å². The highest BCUT2D eigenvalue weighted by atomic mass is 16.1. The van der Waals surface area contributed by atoms with E-state index in [-0.39, 0.29) is 22.4 Å². The van der Waals surface area contributed by atoms with E-state index in [1.54, 1.807) is 37.2 Å². The predicted octanol–water partition coefficient (Wildman–Crippen LogP) is 10.4. The second kappa shape index (κ2) is 14.0. The van der Waals surface area contributed by atoms with E-state index in [0.717, 1.165) is 102 Å². The van der Waals surface area contributed by atoms with Crippen molar-refractivity contribution in [3.8, 4) is 22.5 Å². The Kier molecular flexibility index (Phi) is 8.80. The van der Waals surface area contributed by atoms with Crippen molar-refractivity contribution in [2.45, 2.75) is 53.4 Å². The van der Waals surface area contributed by atoms with Gasteiger partial charge < -0.3 is 20.6 Å². The Balaban J connectivity index is 0.000000148. The zero-order valence-corrected chi connectivity index (χ0v) is 32.3. The highest BCUT2D eigenvalue weighted by Gasteiger charge is 2.37. The fourth-order valence-corrected chi connectivity index (χ4v) is 8.33. The topological polar surface area (TPSA) is 157 Å². The molecule has 0 bridgehead atoms. The van der Waals surface area contributed by atoms with Crippen LogP contribution >= 0.6 is 0 Å². The molecule has 11 nitrogen and oxygen atoms in total. The number of nitrogens with zero attached hydrogens (tertiary/aromatic N) is 4. The number of nitrogens with one attached hydrogen (secondary N) is 5. The molecule has 0 amide bonds. The first kappa shape index (κ1) is 35.8. The number of hydrogen-bond donors (Lipinski definition) is 5. The summed E-state index contributed by atoms with van der Waals surface area (Å²) < 4.78 is 0. The fraction of sp³-hybridized carbons (Fsp3) is 0.217. The van der Waals surface area contributed by atoms with Crippen molar-refractivity contribution in [3.05, 3.63) is 132 Å². The van der Waals surface area contributed by atoms with Gasteiger partial charge in [0.05, 0.1) is 51.1 Å². The number of hydrogen-bond acceptors (Lipinski definition) is 8. The molecule has 2 aromatic carbocycles. The molecule has 0 saturated carbocycles. The average molecular weight is 754 g/mol. The molecule has 2 aliphatic carbocycles. The van der Waals surface area contributed by atoms with Crippen LogP contribution in [0.5, 0.6) is 0 Å². The summed E-state index contributed by atoms with van der Waals surface area (Å²) in [7, 11) is 0. The monoisotopic (exact) mass is 753 g/mol. The maximum absolute atomic E-state index is 13.1. The molecule has 2 aliphatic rings. The van der Waals surface area contributed by atoms with Gasteiger partial charge in [-0.2, -0.15) is 5.10 Å². The van der Waals surface area contributed by atoms with Gasteiger partial charge in [0, 0.05) is 88.5 Å². The summed E-state index contributed by atoms with van der Waals surface area (Å²) in [6.45, 7) is 8.56. The lowest BCUT2D eigenvalue weighted by molar-refractivity contribution is 0.0903. The Morgan fingerprint density at radius 3 is 1.82 bits per heavy atom. The molecule has 8 aromatic rings. The van der Waals surface area contributed by atoms with Gasteiger partial charge in [0.15, 0.2) is 11.6 Å². The Bertz CT molecular complexity index is 2790. The molecule has 11 heteroatoms.